The van der Waals surface area contributed by atoms with Crippen molar-refractivity contribution in [2.24, 2.45) is 0 Å². The molecule has 6 aromatic rings. The molecule has 0 fully saturated rings. The SMILES string of the molecule is c1ccc(-c2nc3c(ccc4ccc(-c5ccc6ccccc6n5)cc43)s2)cc1. The second-order valence-corrected chi connectivity index (χ2v) is 8.15. The Hall–Kier alpha value is -3.56. The lowest BCUT2D eigenvalue weighted by molar-refractivity contribution is 1.40. The summed E-state index contributed by atoms with van der Waals surface area (Å²) in [5, 5.41) is 4.59. The van der Waals surface area contributed by atoms with E-state index in [9.17, 15) is 0 Å². The predicted octanol–water partition coefficient (Wildman–Crippen LogP) is 7.33. The first-order valence-electron chi connectivity index (χ1n) is 9.60. The Balaban J connectivity index is 1.55. The molecule has 29 heavy (non-hydrogen) atoms. The van der Waals surface area contributed by atoms with Crippen LogP contribution in [0.4, 0.5) is 0 Å². The summed E-state index contributed by atoms with van der Waals surface area (Å²) < 4.78 is 1.21. The molecule has 2 aromatic heterocycles. The molecular weight excluding hydrogens is 372 g/mol. The van der Waals surface area contributed by atoms with E-state index < -0.39 is 0 Å². The Morgan fingerprint density at radius 1 is 0.586 bits per heavy atom. The average Bonchev–Trinajstić information content (AvgIpc) is 3.24. The summed E-state index contributed by atoms with van der Waals surface area (Å²) in [6.45, 7) is 0. The number of nitrogens with zero attached hydrogens (tertiary/aromatic N) is 2. The lowest BCUT2D eigenvalue weighted by Crippen LogP contribution is -1.86. The van der Waals surface area contributed by atoms with Crippen molar-refractivity contribution in [3.63, 3.8) is 0 Å². The Morgan fingerprint density at radius 2 is 1.38 bits per heavy atom. The van der Waals surface area contributed by atoms with E-state index >= 15 is 0 Å². The van der Waals surface area contributed by atoms with E-state index in [4.69, 9.17) is 9.97 Å². The Morgan fingerprint density at radius 3 is 2.31 bits per heavy atom. The highest BCUT2D eigenvalue weighted by atomic mass is 32.1. The second kappa shape index (κ2) is 6.50. The van der Waals surface area contributed by atoms with Crippen LogP contribution in [0.25, 0.3) is 53.7 Å². The summed E-state index contributed by atoms with van der Waals surface area (Å²) in [5.41, 5.74) is 5.35. The first-order chi connectivity index (χ1) is 14.3. The van der Waals surface area contributed by atoms with Crippen molar-refractivity contribution in [1.82, 2.24) is 9.97 Å². The molecule has 6 rings (SSSR count). The Labute approximate surface area is 172 Å². The highest BCUT2D eigenvalue weighted by molar-refractivity contribution is 7.21. The zero-order valence-electron chi connectivity index (χ0n) is 15.5. The van der Waals surface area contributed by atoms with Gasteiger partial charge in [0.25, 0.3) is 0 Å². The highest BCUT2D eigenvalue weighted by Gasteiger charge is 2.11. The Kier molecular flexibility index (Phi) is 3.68. The molecule has 0 amide bonds. The number of aromatic nitrogens is 2. The minimum Gasteiger partial charge on any atom is -0.248 e. The molecule has 0 bridgehead atoms. The van der Waals surface area contributed by atoms with Gasteiger partial charge in [0.15, 0.2) is 0 Å². The lowest BCUT2D eigenvalue weighted by atomic mass is 10.0. The highest BCUT2D eigenvalue weighted by Crippen LogP contribution is 2.35. The summed E-state index contributed by atoms with van der Waals surface area (Å²) in [6, 6.07) is 33.8. The fourth-order valence-corrected chi connectivity index (χ4v) is 4.79. The van der Waals surface area contributed by atoms with E-state index in [2.05, 4.69) is 78.9 Å². The minimum absolute atomic E-state index is 0.987. The molecule has 0 saturated heterocycles. The molecule has 0 atom stereocenters. The quantitative estimate of drug-likeness (QED) is 0.310. The van der Waals surface area contributed by atoms with Crippen molar-refractivity contribution >= 4 is 43.2 Å². The van der Waals surface area contributed by atoms with Crippen molar-refractivity contribution in [2.45, 2.75) is 0 Å². The second-order valence-electron chi connectivity index (χ2n) is 7.12. The largest absolute Gasteiger partial charge is 0.248 e. The monoisotopic (exact) mass is 388 g/mol. The van der Waals surface area contributed by atoms with Gasteiger partial charge in [-0.2, -0.15) is 0 Å². The maximum absolute atomic E-state index is 4.99. The molecule has 0 aliphatic rings. The van der Waals surface area contributed by atoms with Crippen molar-refractivity contribution in [3.05, 3.63) is 97.1 Å². The van der Waals surface area contributed by atoms with Gasteiger partial charge in [0.05, 0.1) is 21.4 Å². The standard InChI is InChI=1S/C26H16N2S/c1-2-7-19(8-3-1)26-28-25-21-16-20(11-10-17(21)13-15-24(25)29-26)23-14-12-18-6-4-5-9-22(18)27-23/h1-16H. The number of benzene rings is 4. The van der Waals surface area contributed by atoms with Crippen molar-refractivity contribution in [2.75, 3.05) is 0 Å². The van der Waals surface area contributed by atoms with E-state index in [1.165, 1.54) is 15.5 Å². The molecule has 0 spiro atoms. The first kappa shape index (κ1) is 16.4. The van der Waals surface area contributed by atoms with Gasteiger partial charge in [0.2, 0.25) is 0 Å². The van der Waals surface area contributed by atoms with Gasteiger partial charge in [-0.25, -0.2) is 9.97 Å². The Bertz CT molecular complexity index is 1500. The normalized spacial score (nSPS) is 11.4. The van der Waals surface area contributed by atoms with E-state index in [0.29, 0.717) is 0 Å². The van der Waals surface area contributed by atoms with Crippen LogP contribution in [0.2, 0.25) is 0 Å². The molecule has 0 aliphatic carbocycles. The summed E-state index contributed by atoms with van der Waals surface area (Å²) in [4.78, 5) is 9.86. The number of hydrogen-bond acceptors (Lipinski definition) is 3. The van der Waals surface area contributed by atoms with Gasteiger partial charge >= 0.3 is 0 Å². The van der Waals surface area contributed by atoms with Gasteiger partial charge in [-0.05, 0) is 29.7 Å². The van der Waals surface area contributed by atoms with Crippen LogP contribution in [-0.2, 0) is 0 Å². The first-order valence-corrected chi connectivity index (χ1v) is 10.4. The van der Waals surface area contributed by atoms with Crippen LogP contribution in [0.1, 0.15) is 0 Å². The number of rotatable bonds is 2. The van der Waals surface area contributed by atoms with Crippen LogP contribution >= 0.6 is 11.3 Å². The topological polar surface area (TPSA) is 25.8 Å². The minimum atomic E-state index is 0.987. The van der Waals surface area contributed by atoms with E-state index in [0.717, 1.165) is 38.2 Å². The van der Waals surface area contributed by atoms with Gasteiger partial charge < -0.3 is 0 Å². The third kappa shape index (κ3) is 2.79. The summed E-state index contributed by atoms with van der Waals surface area (Å²) in [5.74, 6) is 0. The molecular formula is C26H16N2S. The molecule has 0 saturated carbocycles. The third-order valence-corrected chi connectivity index (χ3v) is 6.36. The summed E-state index contributed by atoms with van der Waals surface area (Å²) in [7, 11) is 0. The van der Waals surface area contributed by atoms with Gasteiger partial charge in [0, 0.05) is 21.9 Å². The van der Waals surface area contributed by atoms with E-state index in [1.54, 1.807) is 11.3 Å². The van der Waals surface area contributed by atoms with Crippen molar-refractivity contribution in [1.29, 1.82) is 0 Å². The molecule has 136 valence electrons. The molecule has 2 heterocycles. The van der Waals surface area contributed by atoms with Gasteiger partial charge in [-0.15, -0.1) is 11.3 Å². The summed E-state index contributed by atoms with van der Waals surface area (Å²) >= 11 is 1.74. The smallest absolute Gasteiger partial charge is 0.124 e. The van der Waals surface area contributed by atoms with Crippen molar-refractivity contribution < 1.29 is 0 Å². The number of pyridine rings is 1. The molecule has 2 nitrogen and oxygen atoms in total. The molecule has 4 aromatic carbocycles. The molecule has 0 unspecified atom stereocenters. The van der Waals surface area contributed by atoms with Crippen molar-refractivity contribution in [3.8, 4) is 21.8 Å². The van der Waals surface area contributed by atoms with Gasteiger partial charge in [0.1, 0.15) is 5.01 Å². The van der Waals surface area contributed by atoms with E-state index in [1.807, 2.05) is 18.2 Å². The number of thiazole rings is 1. The van der Waals surface area contributed by atoms with Crippen LogP contribution in [0.3, 0.4) is 0 Å². The lowest BCUT2D eigenvalue weighted by Gasteiger charge is -2.06. The maximum Gasteiger partial charge on any atom is 0.124 e. The maximum atomic E-state index is 4.99. The van der Waals surface area contributed by atoms with Crippen LogP contribution in [0, 0.1) is 0 Å². The third-order valence-electron chi connectivity index (χ3n) is 5.29. The van der Waals surface area contributed by atoms with Crippen LogP contribution in [-0.4, -0.2) is 9.97 Å². The van der Waals surface area contributed by atoms with Crippen LogP contribution in [0.15, 0.2) is 97.1 Å². The number of fused-ring (bicyclic) bond motifs is 4. The zero-order valence-corrected chi connectivity index (χ0v) is 16.4. The molecule has 0 N–H and O–H groups in total. The molecule has 3 heteroatoms. The van der Waals surface area contributed by atoms with Gasteiger partial charge in [-0.1, -0.05) is 72.8 Å². The summed E-state index contributed by atoms with van der Waals surface area (Å²) in [6.07, 6.45) is 0. The predicted molar refractivity (Wildman–Crippen MR) is 123 cm³/mol. The fraction of sp³-hybridized carbons (Fsp3) is 0. The average molecular weight is 388 g/mol. The number of hydrogen-bond donors (Lipinski definition) is 0. The van der Waals surface area contributed by atoms with Crippen LogP contribution < -0.4 is 0 Å². The fourth-order valence-electron chi connectivity index (χ4n) is 3.80. The zero-order chi connectivity index (χ0) is 19.2. The molecule has 0 aliphatic heterocycles. The van der Waals surface area contributed by atoms with Crippen LogP contribution in [0.5, 0.6) is 0 Å². The molecule has 0 radical (unpaired) electrons. The number of para-hydroxylation sites is 1. The van der Waals surface area contributed by atoms with Gasteiger partial charge in [-0.3, -0.25) is 0 Å². The van der Waals surface area contributed by atoms with E-state index in [-0.39, 0.29) is 0 Å².